The Bertz CT molecular complexity index is 2170. The molecule has 5 aromatic rings. The third kappa shape index (κ3) is 7.73. The third-order valence-corrected chi connectivity index (χ3v) is 10.4. The van der Waals surface area contributed by atoms with Gasteiger partial charge in [-0.25, -0.2) is 18.2 Å². The number of nitrogens with one attached hydrogen (secondary N) is 1. The Morgan fingerprint density at radius 3 is 2.57 bits per heavy atom. The molecule has 0 saturated carbocycles. The molecule has 11 nitrogen and oxygen atoms in total. The largest absolute Gasteiger partial charge is 0.467 e. The number of nitrogens with two attached hydrogens (primary N) is 1. The zero-order valence-corrected chi connectivity index (χ0v) is 30.1. The highest BCUT2D eigenvalue weighted by Gasteiger charge is 2.38. The van der Waals surface area contributed by atoms with Gasteiger partial charge in [0.1, 0.15) is 40.7 Å². The Morgan fingerprint density at radius 2 is 1.94 bits per heavy atom. The maximum absolute atomic E-state index is 15.9. The van der Waals surface area contributed by atoms with Crippen LogP contribution in [0.1, 0.15) is 60.8 Å². The van der Waals surface area contributed by atoms with Crippen LogP contribution in [0.5, 0.6) is 6.01 Å². The average Bonchev–Trinajstić information content (AvgIpc) is 3.99. The van der Waals surface area contributed by atoms with Gasteiger partial charge in [0.15, 0.2) is 5.82 Å². The lowest BCUT2D eigenvalue weighted by molar-refractivity contribution is -0.137. The van der Waals surface area contributed by atoms with Gasteiger partial charge in [-0.3, -0.25) is 9.69 Å². The summed E-state index contributed by atoms with van der Waals surface area (Å²) in [7, 11) is 1.23. The molecular weight excluding hydrogens is 739 g/mol. The van der Waals surface area contributed by atoms with E-state index in [1.165, 1.54) is 32.4 Å². The molecule has 0 aliphatic carbocycles. The van der Waals surface area contributed by atoms with Crippen LogP contribution in [0.3, 0.4) is 0 Å². The van der Waals surface area contributed by atoms with Crippen molar-refractivity contribution in [2.45, 2.75) is 57.4 Å². The lowest BCUT2D eigenvalue weighted by Gasteiger charge is -2.18. The first-order valence-corrected chi connectivity index (χ1v) is 18.0. The molecule has 0 bridgehead atoms. The SMILES string of the molecule is CCNc1nc(OC)nc2c(F)c(-c3ccc(F)c4sc(N)c(C#N)c34)c(C(F)(F)F)cc12.FC1CC2CCCN2C1.O=C(c1ncco1)N1CCCC1. The number of nitrogen functional groups attached to an aromatic ring is 1. The van der Waals surface area contributed by atoms with Crippen molar-refractivity contribution in [3.8, 4) is 23.2 Å². The first-order valence-electron chi connectivity index (χ1n) is 17.2. The summed E-state index contributed by atoms with van der Waals surface area (Å²) in [6, 6.07) is 4.75. The Morgan fingerprint density at radius 1 is 1.19 bits per heavy atom. The van der Waals surface area contributed by atoms with Crippen LogP contribution in [-0.2, 0) is 6.18 Å². The molecule has 2 atom stereocenters. The highest BCUT2D eigenvalue weighted by atomic mass is 32.1. The number of nitrogens with zero attached hydrogens (tertiary/aromatic N) is 6. The van der Waals surface area contributed by atoms with E-state index in [0.717, 1.165) is 57.1 Å². The minimum Gasteiger partial charge on any atom is -0.467 e. The summed E-state index contributed by atoms with van der Waals surface area (Å²) in [5, 5.41) is 11.8. The monoisotopic (exact) mass is 774 g/mol. The second-order valence-corrected chi connectivity index (χ2v) is 13.9. The highest BCUT2D eigenvalue weighted by Crippen LogP contribution is 2.47. The van der Waals surface area contributed by atoms with Crippen molar-refractivity contribution in [2.75, 3.05) is 50.9 Å². The number of amides is 1. The summed E-state index contributed by atoms with van der Waals surface area (Å²) in [6.45, 7) is 5.51. The maximum atomic E-state index is 15.9. The number of likely N-dealkylation sites (tertiary alicyclic amines) is 1. The van der Waals surface area contributed by atoms with Crippen LogP contribution in [0, 0.1) is 23.0 Å². The summed E-state index contributed by atoms with van der Waals surface area (Å²) < 4.78 is 95.1. The number of hydrogen-bond acceptors (Lipinski definition) is 11. The van der Waals surface area contributed by atoms with Gasteiger partial charge in [0.2, 0.25) is 0 Å². The van der Waals surface area contributed by atoms with Crippen LogP contribution in [0.2, 0.25) is 0 Å². The molecule has 1 amide bonds. The number of oxazole rings is 1. The number of nitriles is 1. The summed E-state index contributed by atoms with van der Waals surface area (Å²) >= 11 is 0.698. The molecule has 0 spiro atoms. The predicted octanol–water partition coefficient (Wildman–Crippen LogP) is 7.81. The number of thiophene rings is 1. The Balaban J connectivity index is 0.000000189. The van der Waals surface area contributed by atoms with E-state index in [-0.39, 0.29) is 61.8 Å². The van der Waals surface area contributed by atoms with E-state index in [9.17, 15) is 32.0 Å². The molecule has 6 heterocycles. The number of carbonyl (C=O) groups excluding carboxylic acids is 1. The van der Waals surface area contributed by atoms with Gasteiger partial charge in [-0.2, -0.15) is 28.4 Å². The minimum atomic E-state index is -5.00. The van der Waals surface area contributed by atoms with Gasteiger partial charge in [0.05, 0.1) is 29.1 Å². The van der Waals surface area contributed by atoms with Gasteiger partial charge in [-0.05, 0) is 63.3 Å². The Labute approximate surface area is 309 Å². The molecular formula is C36H36F6N8O3S. The van der Waals surface area contributed by atoms with Gasteiger partial charge in [0, 0.05) is 48.6 Å². The number of alkyl halides is 4. The average molecular weight is 775 g/mol. The van der Waals surface area contributed by atoms with E-state index in [1.807, 2.05) is 0 Å². The van der Waals surface area contributed by atoms with Gasteiger partial charge < -0.3 is 25.1 Å². The number of halogens is 6. The number of anilines is 2. The van der Waals surface area contributed by atoms with Gasteiger partial charge in [-0.1, -0.05) is 6.07 Å². The van der Waals surface area contributed by atoms with Crippen LogP contribution in [0.15, 0.2) is 35.1 Å². The van der Waals surface area contributed by atoms with Gasteiger partial charge in [-0.15, -0.1) is 11.3 Å². The molecule has 286 valence electrons. The molecule has 3 saturated heterocycles. The van der Waals surface area contributed by atoms with E-state index in [0.29, 0.717) is 23.9 Å². The number of ether oxygens (including phenoxy) is 1. The molecule has 0 radical (unpaired) electrons. The fraction of sp³-hybridized carbons (Fsp3) is 0.417. The van der Waals surface area contributed by atoms with Crippen molar-refractivity contribution in [1.82, 2.24) is 24.8 Å². The molecule has 3 aliphatic heterocycles. The van der Waals surface area contributed by atoms with Crippen LogP contribution in [0.25, 0.3) is 32.1 Å². The molecule has 2 aromatic carbocycles. The zero-order valence-electron chi connectivity index (χ0n) is 29.3. The van der Waals surface area contributed by atoms with Crippen LogP contribution < -0.4 is 15.8 Å². The normalized spacial score (nSPS) is 18.2. The van der Waals surface area contributed by atoms with E-state index in [4.69, 9.17) is 14.9 Å². The van der Waals surface area contributed by atoms with Crippen molar-refractivity contribution in [1.29, 1.82) is 5.26 Å². The van der Waals surface area contributed by atoms with E-state index in [1.54, 1.807) is 17.9 Å². The fourth-order valence-electron chi connectivity index (χ4n) is 7.01. The number of benzene rings is 2. The van der Waals surface area contributed by atoms with Gasteiger partial charge >= 0.3 is 18.1 Å². The number of aromatic nitrogens is 3. The maximum Gasteiger partial charge on any atom is 0.417 e. The minimum absolute atomic E-state index is 0.0444. The second-order valence-electron chi connectivity index (χ2n) is 12.8. The quantitative estimate of drug-likeness (QED) is 0.170. The first kappa shape index (κ1) is 38.6. The molecule has 2 unspecified atom stereocenters. The van der Waals surface area contributed by atoms with Crippen LogP contribution >= 0.6 is 11.3 Å². The van der Waals surface area contributed by atoms with Crippen molar-refractivity contribution in [3.05, 3.63) is 59.3 Å². The predicted molar refractivity (Wildman–Crippen MR) is 191 cm³/mol. The van der Waals surface area contributed by atoms with Crippen molar-refractivity contribution >= 4 is 49.1 Å². The van der Waals surface area contributed by atoms with Crippen LogP contribution in [-0.4, -0.2) is 82.7 Å². The number of hydrogen-bond donors (Lipinski definition) is 2. The van der Waals surface area contributed by atoms with E-state index < -0.39 is 40.6 Å². The van der Waals surface area contributed by atoms with Crippen LogP contribution in [0.4, 0.5) is 37.2 Å². The second kappa shape index (κ2) is 16.1. The summed E-state index contributed by atoms with van der Waals surface area (Å²) in [4.78, 5) is 27.2. The molecule has 3 N–H and O–H groups in total. The lowest BCUT2D eigenvalue weighted by atomic mass is 9.92. The summed E-state index contributed by atoms with van der Waals surface area (Å²) in [6.07, 6.45) is 2.90. The molecule has 54 heavy (non-hydrogen) atoms. The standard InChI is InChI=1S/C21H14F5N5OS.C8H10N2O2.C7H12FN/c1-3-29-19-9-6-11(21(24,25)26)14(15(23)16(9)30-20(31-19)32-2)8-4-5-12(22)17-13(8)10(7-27)18(28)33-17;11-8(7-9-3-6-12-7)10-4-1-2-5-10;8-6-4-7-2-1-3-9(7)5-6/h4-6H,3,28H2,1-2H3,(H,29,30,31);3,6H,1-2,4-5H2;6-7H,1-5H2. The molecule has 8 rings (SSSR count). The lowest BCUT2D eigenvalue weighted by Crippen LogP contribution is -2.27. The van der Waals surface area contributed by atoms with Crippen molar-refractivity contribution in [3.63, 3.8) is 0 Å². The number of methoxy groups -OCH3 is 1. The fourth-order valence-corrected chi connectivity index (χ4v) is 7.96. The van der Waals surface area contributed by atoms with Crippen molar-refractivity contribution in [2.24, 2.45) is 0 Å². The summed E-state index contributed by atoms with van der Waals surface area (Å²) in [5.74, 6) is -2.03. The molecule has 3 aliphatic rings. The molecule has 18 heteroatoms. The number of rotatable bonds is 5. The third-order valence-electron chi connectivity index (χ3n) is 9.41. The number of carbonyl (C=O) groups is 1. The number of fused-ring (bicyclic) bond motifs is 3. The van der Waals surface area contributed by atoms with E-state index in [2.05, 4.69) is 25.2 Å². The Hall–Kier alpha value is -5.15. The topological polar surface area (TPSA) is 146 Å². The van der Waals surface area contributed by atoms with Crippen molar-refractivity contribution < 1.29 is 40.3 Å². The molecule has 3 fully saturated rings. The highest BCUT2D eigenvalue weighted by molar-refractivity contribution is 7.23. The van der Waals surface area contributed by atoms with Gasteiger partial charge in [0.25, 0.3) is 5.89 Å². The first-order chi connectivity index (χ1) is 25.9. The zero-order chi connectivity index (χ0) is 38.7. The Kier molecular flexibility index (Phi) is 11.5. The summed E-state index contributed by atoms with van der Waals surface area (Å²) in [5.41, 5.74) is 2.59. The molecule has 3 aromatic heterocycles. The van der Waals surface area contributed by atoms with E-state index >= 15 is 4.39 Å². The smallest absolute Gasteiger partial charge is 0.417 e.